The molecule has 0 radical (unpaired) electrons. The van der Waals surface area contributed by atoms with Gasteiger partial charge in [-0.15, -0.1) is 0 Å². The second kappa shape index (κ2) is 9.11. The van der Waals surface area contributed by atoms with Gasteiger partial charge in [0.25, 0.3) is 0 Å². The number of carbonyl (C=O) groups excluding carboxylic acids is 1. The van der Waals surface area contributed by atoms with E-state index in [1.807, 2.05) is 55.5 Å². The van der Waals surface area contributed by atoms with Crippen molar-refractivity contribution in [1.29, 1.82) is 0 Å². The minimum Gasteiger partial charge on any atom is -0.493 e. The highest BCUT2D eigenvalue weighted by Crippen LogP contribution is 2.25. The predicted octanol–water partition coefficient (Wildman–Crippen LogP) is 3.21. The van der Waals surface area contributed by atoms with Gasteiger partial charge in [0.05, 0.1) is 13.7 Å². The van der Waals surface area contributed by atoms with Crippen LogP contribution in [-0.2, 0) is 0 Å². The molecule has 24 heavy (non-hydrogen) atoms. The fraction of sp³-hybridized carbons (Fsp3) is 0.211. The van der Waals surface area contributed by atoms with E-state index in [-0.39, 0.29) is 19.2 Å². The molecule has 124 valence electrons. The van der Waals surface area contributed by atoms with Gasteiger partial charge in [-0.1, -0.05) is 36.1 Å². The predicted molar refractivity (Wildman–Crippen MR) is 94.5 cm³/mol. The van der Waals surface area contributed by atoms with Gasteiger partial charge in [0, 0.05) is 5.69 Å². The summed E-state index contributed by atoms with van der Waals surface area (Å²) in [5.74, 6) is 6.98. The van der Waals surface area contributed by atoms with Crippen molar-refractivity contribution < 1.29 is 14.3 Å². The van der Waals surface area contributed by atoms with Crippen LogP contribution in [0.3, 0.4) is 0 Å². The number of amides is 2. The molecule has 5 nitrogen and oxygen atoms in total. The first-order chi connectivity index (χ1) is 11.7. The highest BCUT2D eigenvalue weighted by atomic mass is 16.5. The second-order valence-electron chi connectivity index (χ2n) is 4.97. The fourth-order valence-electron chi connectivity index (χ4n) is 1.99. The Kier molecular flexibility index (Phi) is 6.54. The lowest BCUT2D eigenvalue weighted by molar-refractivity contribution is 0.253. The third-order valence-electron chi connectivity index (χ3n) is 3.11. The van der Waals surface area contributed by atoms with Crippen molar-refractivity contribution >= 4 is 11.7 Å². The fourth-order valence-corrected chi connectivity index (χ4v) is 1.99. The van der Waals surface area contributed by atoms with Crippen LogP contribution in [-0.4, -0.2) is 26.3 Å². The van der Waals surface area contributed by atoms with E-state index in [0.717, 1.165) is 11.3 Å². The molecule has 0 aromatic heterocycles. The van der Waals surface area contributed by atoms with E-state index in [9.17, 15) is 4.79 Å². The Morgan fingerprint density at radius 1 is 1.08 bits per heavy atom. The molecule has 0 saturated carbocycles. The van der Waals surface area contributed by atoms with Crippen LogP contribution in [0.2, 0.25) is 0 Å². The van der Waals surface area contributed by atoms with Gasteiger partial charge in [-0.2, -0.15) is 0 Å². The van der Waals surface area contributed by atoms with Crippen LogP contribution in [0.15, 0.2) is 48.5 Å². The molecule has 0 aliphatic heterocycles. The molecule has 0 spiro atoms. The molecular weight excluding hydrogens is 304 g/mol. The maximum atomic E-state index is 11.7. The number of hydrogen-bond donors (Lipinski definition) is 2. The molecule has 0 aliphatic rings. The molecule has 0 atom stereocenters. The summed E-state index contributed by atoms with van der Waals surface area (Å²) in [6.45, 7) is 2.44. The number of methoxy groups -OCH3 is 1. The van der Waals surface area contributed by atoms with Crippen LogP contribution < -0.4 is 20.1 Å². The van der Waals surface area contributed by atoms with E-state index >= 15 is 0 Å². The zero-order valence-electron chi connectivity index (χ0n) is 13.8. The van der Waals surface area contributed by atoms with Crippen LogP contribution in [0.5, 0.6) is 11.5 Å². The van der Waals surface area contributed by atoms with Gasteiger partial charge < -0.3 is 20.1 Å². The zero-order chi connectivity index (χ0) is 17.2. The van der Waals surface area contributed by atoms with Crippen LogP contribution in [0.25, 0.3) is 0 Å². The lowest BCUT2D eigenvalue weighted by Gasteiger charge is -2.07. The van der Waals surface area contributed by atoms with Crippen molar-refractivity contribution in [2.24, 2.45) is 0 Å². The molecule has 2 aromatic rings. The molecule has 2 rings (SSSR count). The van der Waals surface area contributed by atoms with Gasteiger partial charge >= 0.3 is 6.03 Å². The van der Waals surface area contributed by atoms with E-state index in [1.165, 1.54) is 0 Å². The molecule has 2 N–H and O–H groups in total. The lowest BCUT2D eigenvalue weighted by atomic mass is 10.2. The van der Waals surface area contributed by atoms with Crippen molar-refractivity contribution in [3.8, 4) is 23.3 Å². The van der Waals surface area contributed by atoms with Gasteiger partial charge in [-0.25, -0.2) is 4.79 Å². The van der Waals surface area contributed by atoms with Crippen molar-refractivity contribution in [2.45, 2.75) is 6.92 Å². The molecule has 0 unspecified atom stereocenters. The number of urea groups is 1. The van der Waals surface area contributed by atoms with E-state index in [4.69, 9.17) is 9.47 Å². The first-order valence-electron chi connectivity index (χ1n) is 7.52. The Morgan fingerprint density at radius 2 is 1.88 bits per heavy atom. The van der Waals surface area contributed by atoms with Gasteiger partial charge in [0.1, 0.15) is 6.61 Å². The summed E-state index contributed by atoms with van der Waals surface area (Å²) in [4.78, 5) is 11.7. The summed E-state index contributed by atoms with van der Waals surface area (Å²) in [6, 6.07) is 14.7. The first kappa shape index (κ1) is 17.2. The van der Waals surface area contributed by atoms with Crippen molar-refractivity contribution in [2.75, 3.05) is 25.6 Å². The molecule has 2 aromatic carbocycles. The maximum absolute atomic E-state index is 11.7. The van der Waals surface area contributed by atoms with Crippen LogP contribution in [0.1, 0.15) is 5.56 Å². The normalized spacial score (nSPS) is 9.42. The zero-order valence-corrected chi connectivity index (χ0v) is 13.8. The standard InChI is InChI=1S/C19H20N2O3/c1-15-8-7-9-16(14-15)21-19(22)20-12-5-6-13-24-18-11-4-3-10-17(18)23-2/h3-4,7-11,14H,12-13H2,1-2H3,(H2,20,21,22). The number of hydrogen-bond acceptors (Lipinski definition) is 3. The third-order valence-corrected chi connectivity index (χ3v) is 3.11. The summed E-state index contributed by atoms with van der Waals surface area (Å²) in [5, 5.41) is 5.42. The molecule has 0 aliphatic carbocycles. The van der Waals surface area contributed by atoms with E-state index in [0.29, 0.717) is 11.5 Å². The molecule has 0 heterocycles. The van der Waals surface area contributed by atoms with E-state index in [2.05, 4.69) is 22.5 Å². The first-order valence-corrected chi connectivity index (χ1v) is 7.52. The quantitative estimate of drug-likeness (QED) is 0.830. The minimum absolute atomic E-state index is 0.224. The van der Waals surface area contributed by atoms with Crippen molar-refractivity contribution in [3.63, 3.8) is 0 Å². The van der Waals surface area contributed by atoms with Crippen molar-refractivity contribution in [1.82, 2.24) is 5.32 Å². The summed E-state index contributed by atoms with van der Waals surface area (Å²) < 4.78 is 10.7. The number of benzene rings is 2. The van der Waals surface area contributed by atoms with Crippen LogP contribution >= 0.6 is 0 Å². The third kappa shape index (κ3) is 5.58. The number of ether oxygens (including phenoxy) is 2. The SMILES string of the molecule is COc1ccccc1OCC#CCNC(=O)Nc1cccc(C)c1. The molecular formula is C19H20N2O3. The Hall–Kier alpha value is -3.13. The Morgan fingerprint density at radius 3 is 2.62 bits per heavy atom. The number of aryl methyl sites for hydroxylation is 1. The highest BCUT2D eigenvalue weighted by Gasteiger charge is 2.01. The average Bonchev–Trinajstić information content (AvgIpc) is 2.58. The second-order valence-corrected chi connectivity index (χ2v) is 4.97. The van der Waals surface area contributed by atoms with Crippen molar-refractivity contribution in [3.05, 3.63) is 54.1 Å². The number of nitrogens with one attached hydrogen (secondary N) is 2. The minimum atomic E-state index is -0.291. The number of carbonyl (C=O) groups is 1. The monoisotopic (exact) mass is 324 g/mol. The van der Waals surface area contributed by atoms with Gasteiger partial charge in [0.2, 0.25) is 0 Å². The van der Waals surface area contributed by atoms with Crippen LogP contribution in [0, 0.1) is 18.8 Å². The molecule has 5 heteroatoms. The maximum Gasteiger partial charge on any atom is 0.319 e. The topological polar surface area (TPSA) is 59.6 Å². The smallest absolute Gasteiger partial charge is 0.319 e. The molecule has 0 saturated heterocycles. The molecule has 0 bridgehead atoms. The summed E-state index contributed by atoms with van der Waals surface area (Å²) in [5.41, 5.74) is 1.83. The summed E-state index contributed by atoms with van der Waals surface area (Å²) in [7, 11) is 1.59. The average molecular weight is 324 g/mol. The van der Waals surface area contributed by atoms with Crippen LogP contribution in [0.4, 0.5) is 10.5 Å². The Bertz CT molecular complexity index is 748. The van der Waals surface area contributed by atoms with Gasteiger partial charge in [-0.05, 0) is 36.8 Å². The van der Waals surface area contributed by atoms with Gasteiger partial charge in [-0.3, -0.25) is 0 Å². The van der Waals surface area contributed by atoms with E-state index < -0.39 is 0 Å². The number of rotatable bonds is 5. The largest absolute Gasteiger partial charge is 0.493 e. The molecule has 0 fully saturated rings. The Balaban J connectivity index is 1.71. The summed E-state index contributed by atoms with van der Waals surface area (Å²) in [6.07, 6.45) is 0. The Labute approximate surface area is 142 Å². The summed E-state index contributed by atoms with van der Waals surface area (Å²) >= 11 is 0. The van der Waals surface area contributed by atoms with E-state index in [1.54, 1.807) is 7.11 Å². The number of anilines is 1. The number of para-hydroxylation sites is 2. The molecule has 2 amide bonds. The van der Waals surface area contributed by atoms with Gasteiger partial charge in [0.15, 0.2) is 11.5 Å². The highest BCUT2D eigenvalue weighted by molar-refractivity contribution is 5.89. The lowest BCUT2D eigenvalue weighted by Crippen LogP contribution is -2.28.